The second-order valence-corrected chi connectivity index (χ2v) is 8.83. The highest BCUT2D eigenvalue weighted by atomic mass is 19.1. The molecule has 1 aliphatic rings. The maximum atomic E-state index is 13.1. The summed E-state index contributed by atoms with van der Waals surface area (Å²) in [6.07, 6.45) is 7.39. The third-order valence-corrected chi connectivity index (χ3v) is 6.13. The van der Waals surface area contributed by atoms with Crippen LogP contribution in [0.1, 0.15) is 38.4 Å². The average molecular weight is 448 g/mol. The Bertz CT molecular complexity index is 1290. The van der Waals surface area contributed by atoms with Gasteiger partial charge in [0.1, 0.15) is 17.7 Å². The van der Waals surface area contributed by atoms with Gasteiger partial charge in [0.2, 0.25) is 5.91 Å². The van der Waals surface area contributed by atoms with Gasteiger partial charge in [-0.3, -0.25) is 9.48 Å². The zero-order valence-electron chi connectivity index (χ0n) is 18.8. The minimum absolute atomic E-state index is 0.00896. The normalized spacial score (nSPS) is 15.1. The first-order chi connectivity index (χ1) is 15.9. The molecule has 0 radical (unpaired) electrons. The zero-order valence-corrected chi connectivity index (χ0v) is 18.8. The van der Waals surface area contributed by atoms with Crippen molar-refractivity contribution >= 4 is 17.2 Å². The second-order valence-electron chi connectivity index (χ2n) is 8.83. The van der Waals surface area contributed by atoms with Crippen molar-refractivity contribution in [2.45, 2.75) is 32.9 Å². The molecule has 8 nitrogen and oxygen atoms in total. The Morgan fingerprint density at radius 3 is 2.55 bits per heavy atom. The van der Waals surface area contributed by atoms with E-state index in [1.54, 1.807) is 12.1 Å². The van der Waals surface area contributed by atoms with Crippen molar-refractivity contribution in [1.82, 2.24) is 29.7 Å². The van der Waals surface area contributed by atoms with E-state index in [9.17, 15) is 9.18 Å². The van der Waals surface area contributed by atoms with Crippen LogP contribution in [0.3, 0.4) is 0 Å². The van der Waals surface area contributed by atoms with Crippen LogP contribution < -0.4 is 10.2 Å². The predicted molar refractivity (Wildman–Crippen MR) is 123 cm³/mol. The Kier molecular flexibility index (Phi) is 5.32. The second kappa shape index (κ2) is 8.31. The summed E-state index contributed by atoms with van der Waals surface area (Å²) in [6.45, 7) is 7.25. The maximum absolute atomic E-state index is 13.1. The van der Waals surface area contributed by atoms with E-state index in [1.165, 1.54) is 18.5 Å². The van der Waals surface area contributed by atoms with Crippen molar-refractivity contribution in [3.05, 3.63) is 66.6 Å². The topological polar surface area (TPSA) is 80.4 Å². The highest BCUT2D eigenvalue weighted by molar-refractivity contribution is 5.84. The molecule has 4 aromatic rings. The van der Waals surface area contributed by atoms with E-state index in [0.717, 1.165) is 28.0 Å². The fourth-order valence-corrected chi connectivity index (χ4v) is 4.07. The lowest BCUT2D eigenvalue weighted by Crippen LogP contribution is -2.54. The van der Waals surface area contributed by atoms with Gasteiger partial charge in [0.15, 0.2) is 5.82 Å². The number of hydrogen-bond donors (Lipinski definition) is 1. The fraction of sp³-hybridized carbons (Fsp3) is 0.333. The van der Waals surface area contributed by atoms with Gasteiger partial charge in [-0.2, -0.15) is 10.2 Å². The largest absolute Gasteiger partial charge is 0.353 e. The first kappa shape index (κ1) is 21.1. The molecule has 1 N–H and O–H groups in total. The lowest BCUT2D eigenvalue weighted by Gasteiger charge is -2.39. The minimum Gasteiger partial charge on any atom is -0.353 e. The van der Waals surface area contributed by atoms with Crippen LogP contribution in [0.4, 0.5) is 10.2 Å². The SMILES string of the molecule is CC(C)n1cc(-c2cc3c(N4CC(C(=O)N[C@@H](C)c5ccc(F)cc5)C4)ncnn3c2)cn1. The first-order valence-electron chi connectivity index (χ1n) is 11.1. The van der Waals surface area contributed by atoms with Gasteiger partial charge in [0, 0.05) is 42.7 Å². The molecule has 0 aliphatic carbocycles. The van der Waals surface area contributed by atoms with Crippen LogP contribution in [0.25, 0.3) is 16.6 Å². The summed E-state index contributed by atoms with van der Waals surface area (Å²) < 4.78 is 16.9. The van der Waals surface area contributed by atoms with Crippen molar-refractivity contribution in [3.63, 3.8) is 0 Å². The highest BCUT2D eigenvalue weighted by Gasteiger charge is 2.35. The number of rotatable bonds is 6. The molecule has 5 rings (SSSR count). The van der Waals surface area contributed by atoms with Crippen LogP contribution in [0.2, 0.25) is 0 Å². The summed E-state index contributed by atoms with van der Waals surface area (Å²) in [6, 6.07) is 8.37. The van der Waals surface area contributed by atoms with Gasteiger partial charge in [-0.05, 0) is 44.5 Å². The molecule has 0 bridgehead atoms. The Morgan fingerprint density at radius 2 is 1.85 bits per heavy atom. The number of halogens is 1. The summed E-state index contributed by atoms with van der Waals surface area (Å²) in [5.74, 6) is 0.389. The molecule has 3 aromatic heterocycles. The molecule has 1 aromatic carbocycles. The zero-order chi connectivity index (χ0) is 23.1. The number of hydrogen-bond acceptors (Lipinski definition) is 5. The minimum atomic E-state index is -0.287. The molecule has 1 aliphatic heterocycles. The number of benzene rings is 1. The van der Waals surface area contributed by atoms with Crippen molar-refractivity contribution in [3.8, 4) is 11.1 Å². The van der Waals surface area contributed by atoms with Crippen LogP contribution in [0.5, 0.6) is 0 Å². The van der Waals surface area contributed by atoms with Crippen molar-refractivity contribution in [1.29, 1.82) is 0 Å². The van der Waals surface area contributed by atoms with Gasteiger partial charge in [-0.15, -0.1) is 0 Å². The van der Waals surface area contributed by atoms with Crippen LogP contribution >= 0.6 is 0 Å². The molecule has 1 atom stereocenters. The van der Waals surface area contributed by atoms with E-state index in [0.29, 0.717) is 19.1 Å². The Labute approximate surface area is 191 Å². The quantitative estimate of drug-likeness (QED) is 0.488. The van der Waals surface area contributed by atoms with Crippen LogP contribution in [0.15, 0.2) is 55.2 Å². The molecule has 0 unspecified atom stereocenters. The van der Waals surface area contributed by atoms with Crippen LogP contribution in [-0.4, -0.2) is 43.4 Å². The summed E-state index contributed by atoms with van der Waals surface area (Å²) in [5, 5.41) is 11.8. The van der Waals surface area contributed by atoms with Crippen molar-refractivity contribution in [2.24, 2.45) is 5.92 Å². The molecule has 170 valence electrons. The van der Waals surface area contributed by atoms with E-state index < -0.39 is 0 Å². The van der Waals surface area contributed by atoms with E-state index in [2.05, 4.69) is 45.3 Å². The van der Waals surface area contributed by atoms with Gasteiger partial charge in [0.25, 0.3) is 0 Å². The van der Waals surface area contributed by atoms with E-state index in [4.69, 9.17) is 0 Å². The Balaban J connectivity index is 1.27. The van der Waals surface area contributed by atoms with Gasteiger partial charge in [0.05, 0.1) is 18.2 Å². The van der Waals surface area contributed by atoms with Crippen LogP contribution in [0, 0.1) is 11.7 Å². The van der Waals surface area contributed by atoms with E-state index in [1.807, 2.05) is 34.7 Å². The van der Waals surface area contributed by atoms with Gasteiger partial charge < -0.3 is 10.2 Å². The molecule has 33 heavy (non-hydrogen) atoms. The average Bonchev–Trinajstić information content (AvgIpc) is 3.41. The summed E-state index contributed by atoms with van der Waals surface area (Å²) >= 11 is 0. The smallest absolute Gasteiger partial charge is 0.227 e. The molecular formula is C24H26FN7O. The lowest BCUT2D eigenvalue weighted by molar-refractivity contribution is -0.126. The first-order valence-corrected chi connectivity index (χ1v) is 11.1. The molecular weight excluding hydrogens is 421 g/mol. The number of amides is 1. The van der Waals surface area contributed by atoms with Gasteiger partial charge in [-0.25, -0.2) is 13.9 Å². The third-order valence-electron chi connectivity index (χ3n) is 6.13. The summed E-state index contributed by atoms with van der Waals surface area (Å²) in [4.78, 5) is 19.3. The molecule has 0 spiro atoms. The number of nitrogens with one attached hydrogen (secondary N) is 1. The molecule has 4 heterocycles. The standard InChI is InChI=1S/C24H26FN7O/c1-15(2)31-13-19(9-27-31)18-8-22-23(26-14-28-32(22)12-18)30-10-20(11-30)24(33)29-16(3)17-4-6-21(25)7-5-17/h4-9,12-16,20H,10-11H2,1-3H3,(H,29,33)/t16-/m0/s1. The predicted octanol–water partition coefficient (Wildman–Crippen LogP) is 3.63. The third kappa shape index (κ3) is 4.06. The number of carbonyl (C=O) groups is 1. The van der Waals surface area contributed by atoms with Gasteiger partial charge >= 0.3 is 0 Å². The Hall–Kier alpha value is -3.75. The summed E-state index contributed by atoms with van der Waals surface area (Å²) in [5.41, 5.74) is 3.81. The number of nitrogens with zero attached hydrogens (tertiary/aromatic N) is 6. The molecule has 1 amide bonds. The molecule has 1 saturated heterocycles. The van der Waals surface area contributed by atoms with E-state index in [-0.39, 0.29) is 23.7 Å². The number of anilines is 1. The Morgan fingerprint density at radius 1 is 1.09 bits per heavy atom. The highest BCUT2D eigenvalue weighted by Crippen LogP contribution is 2.31. The van der Waals surface area contributed by atoms with E-state index >= 15 is 0 Å². The maximum Gasteiger partial charge on any atom is 0.227 e. The summed E-state index contributed by atoms with van der Waals surface area (Å²) in [7, 11) is 0. The molecule has 9 heteroatoms. The number of aromatic nitrogens is 5. The molecule has 0 saturated carbocycles. The van der Waals surface area contributed by atoms with Crippen molar-refractivity contribution < 1.29 is 9.18 Å². The monoisotopic (exact) mass is 447 g/mol. The fourth-order valence-electron chi connectivity index (χ4n) is 4.07. The number of carbonyl (C=O) groups excluding carboxylic acids is 1. The van der Waals surface area contributed by atoms with Crippen molar-refractivity contribution in [2.75, 3.05) is 18.0 Å². The lowest BCUT2D eigenvalue weighted by atomic mass is 9.98. The van der Waals surface area contributed by atoms with Gasteiger partial charge in [-0.1, -0.05) is 12.1 Å². The number of fused-ring (bicyclic) bond motifs is 1. The molecule has 1 fully saturated rings. The van der Waals surface area contributed by atoms with Crippen LogP contribution in [-0.2, 0) is 4.79 Å².